The third kappa shape index (κ3) is 5.18. The van der Waals surface area contributed by atoms with Crippen LogP contribution in [0.1, 0.15) is 38.8 Å². The summed E-state index contributed by atoms with van der Waals surface area (Å²) in [4.78, 5) is 30.2. The molecule has 156 valence electrons. The van der Waals surface area contributed by atoms with Gasteiger partial charge in [-0.05, 0) is 18.0 Å². The topological polar surface area (TPSA) is 155 Å². The summed E-state index contributed by atoms with van der Waals surface area (Å²) in [5.74, 6) is 0.153. The summed E-state index contributed by atoms with van der Waals surface area (Å²) >= 11 is 5.90. The van der Waals surface area contributed by atoms with E-state index in [0.29, 0.717) is 24.2 Å². The number of rotatable bonds is 9. The molecule has 4 N–H and O–H groups in total. The first kappa shape index (κ1) is 21.4. The van der Waals surface area contributed by atoms with Gasteiger partial charge in [0.25, 0.3) is 0 Å². The Hall–Kier alpha value is -1.33. The lowest BCUT2D eigenvalue weighted by atomic mass is 10.2. The predicted octanol–water partition coefficient (Wildman–Crippen LogP) is 2.03. The van der Waals surface area contributed by atoms with Crippen LogP contribution in [0.2, 0.25) is 5.28 Å². The van der Waals surface area contributed by atoms with E-state index in [0.717, 1.165) is 19.3 Å². The van der Waals surface area contributed by atoms with Crippen molar-refractivity contribution in [2.24, 2.45) is 0 Å². The zero-order valence-corrected chi connectivity index (χ0v) is 16.9. The molecule has 13 heteroatoms. The Balaban J connectivity index is 1.77. The van der Waals surface area contributed by atoms with Crippen LogP contribution in [-0.2, 0) is 18.6 Å². The summed E-state index contributed by atoms with van der Waals surface area (Å²) < 4.78 is 29.2. The molecule has 0 bridgehead atoms. The van der Waals surface area contributed by atoms with Gasteiger partial charge in [-0.1, -0.05) is 19.8 Å². The number of phosphoric ester groups is 1. The number of unbranched alkanes of at least 4 members (excludes halogenated alkanes) is 2. The van der Waals surface area contributed by atoms with Gasteiger partial charge in [-0.3, -0.25) is 9.09 Å². The Morgan fingerprint density at radius 1 is 1.43 bits per heavy atom. The van der Waals surface area contributed by atoms with Crippen LogP contribution in [0, 0.1) is 0 Å². The molecule has 0 aromatic carbocycles. The van der Waals surface area contributed by atoms with Crippen molar-refractivity contribution in [2.75, 3.05) is 18.9 Å². The van der Waals surface area contributed by atoms with Crippen LogP contribution in [0.3, 0.4) is 0 Å². The highest BCUT2D eigenvalue weighted by Crippen LogP contribution is 2.39. The van der Waals surface area contributed by atoms with Gasteiger partial charge in [-0.25, -0.2) is 9.55 Å². The number of imidazole rings is 1. The fraction of sp³-hybridized carbons (Fsp3) is 0.667. The lowest BCUT2D eigenvalue weighted by Gasteiger charge is -2.19. The highest BCUT2D eigenvalue weighted by Gasteiger charge is 2.39. The normalized spacial score (nSPS) is 22.9. The summed E-state index contributed by atoms with van der Waals surface area (Å²) in [5.41, 5.74) is 6.63. The minimum Gasteiger partial charge on any atom is -0.382 e. The molecular formula is C15H23ClN5O6P. The second kappa shape index (κ2) is 9.00. The van der Waals surface area contributed by atoms with E-state index in [-0.39, 0.29) is 17.7 Å². The third-order valence-electron chi connectivity index (χ3n) is 4.40. The molecule has 3 heterocycles. The molecule has 11 nitrogen and oxygen atoms in total. The van der Waals surface area contributed by atoms with Crippen LogP contribution >= 0.6 is 19.4 Å². The highest BCUT2D eigenvalue weighted by atomic mass is 35.5. The molecule has 0 aliphatic carbocycles. The number of ether oxygens (including phenoxy) is 2. The number of halogens is 1. The van der Waals surface area contributed by atoms with Crippen LogP contribution < -0.4 is 5.73 Å². The van der Waals surface area contributed by atoms with Crippen molar-refractivity contribution in [3.8, 4) is 0 Å². The van der Waals surface area contributed by atoms with Crippen molar-refractivity contribution in [3.63, 3.8) is 0 Å². The van der Waals surface area contributed by atoms with Gasteiger partial charge in [0.1, 0.15) is 17.8 Å². The van der Waals surface area contributed by atoms with Crippen molar-refractivity contribution < 1.29 is 28.3 Å². The van der Waals surface area contributed by atoms with Crippen molar-refractivity contribution in [3.05, 3.63) is 11.6 Å². The molecule has 1 aliphatic rings. The van der Waals surface area contributed by atoms with Crippen molar-refractivity contribution in [2.45, 2.75) is 51.0 Å². The van der Waals surface area contributed by atoms with E-state index in [1.54, 1.807) is 4.57 Å². The van der Waals surface area contributed by atoms with Crippen molar-refractivity contribution >= 4 is 36.4 Å². The molecular weight excluding hydrogens is 413 g/mol. The van der Waals surface area contributed by atoms with Crippen molar-refractivity contribution in [1.82, 2.24) is 19.5 Å². The van der Waals surface area contributed by atoms with Crippen LogP contribution in [0.4, 0.5) is 5.82 Å². The Bertz CT molecular complexity index is 861. The van der Waals surface area contributed by atoms with Crippen LogP contribution in [0.15, 0.2) is 6.33 Å². The lowest BCUT2D eigenvalue weighted by molar-refractivity contribution is -0.0597. The molecule has 2 aromatic rings. The molecule has 3 rings (SSSR count). The average molecular weight is 436 g/mol. The van der Waals surface area contributed by atoms with Gasteiger partial charge < -0.3 is 25.0 Å². The number of aromatic nitrogens is 4. The monoisotopic (exact) mass is 435 g/mol. The molecule has 0 spiro atoms. The van der Waals surface area contributed by atoms with Crippen LogP contribution in [-0.4, -0.2) is 54.7 Å². The minimum atomic E-state index is -4.62. The van der Waals surface area contributed by atoms with E-state index in [1.807, 2.05) is 0 Å². The third-order valence-corrected chi connectivity index (χ3v) is 5.05. The molecule has 0 amide bonds. The fourth-order valence-corrected chi connectivity index (χ4v) is 3.59. The van der Waals surface area contributed by atoms with Gasteiger partial charge in [-0.15, -0.1) is 0 Å². The molecule has 0 saturated carbocycles. The van der Waals surface area contributed by atoms with Crippen LogP contribution in [0.5, 0.6) is 0 Å². The summed E-state index contributed by atoms with van der Waals surface area (Å²) in [7, 11) is -4.62. The smallest absolute Gasteiger partial charge is 0.382 e. The molecule has 2 aromatic heterocycles. The number of anilines is 1. The van der Waals surface area contributed by atoms with E-state index >= 15 is 0 Å². The zero-order chi connectivity index (χ0) is 20.3. The first-order valence-corrected chi connectivity index (χ1v) is 10.8. The van der Waals surface area contributed by atoms with Gasteiger partial charge in [0.2, 0.25) is 5.28 Å². The summed E-state index contributed by atoms with van der Waals surface area (Å²) in [6.07, 6.45) is 3.31. The number of hydrogen-bond donors (Lipinski definition) is 3. The maximum atomic E-state index is 11.1. The minimum absolute atomic E-state index is 0.0153. The molecule has 3 atom stereocenters. The predicted molar refractivity (Wildman–Crippen MR) is 101 cm³/mol. The molecule has 1 aliphatic heterocycles. The molecule has 0 radical (unpaired) electrons. The number of nitrogens with two attached hydrogens (primary N) is 1. The summed E-state index contributed by atoms with van der Waals surface area (Å²) in [6, 6.07) is 0. The van der Waals surface area contributed by atoms with E-state index in [2.05, 4.69) is 26.4 Å². The standard InChI is InChI=1S/C15H23ClN5O6P/c1-2-3-4-5-25-9-6-11(27-10(9)7-26-28(22,23)24)21-8-18-12-13(17)19-15(16)20-14(12)21/h8-11H,2-7H2,1H3,(H2,17,19,20)(H2,22,23,24)/t9?,10-,11-/m1/s1. The maximum absolute atomic E-state index is 11.1. The Morgan fingerprint density at radius 3 is 2.93 bits per heavy atom. The van der Waals surface area contributed by atoms with Crippen molar-refractivity contribution in [1.29, 1.82) is 0 Å². The Kier molecular flexibility index (Phi) is 6.87. The van der Waals surface area contributed by atoms with Gasteiger partial charge in [0, 0.05) is 13.0 Å². The largest absolute Gasteiger partial charge is 0.469 e. The molecule has 28 heavy (non-hydrogen) atoms. The number of nitrogens with zero attached hydrogens (tertiary/aromatic N) is 4. The summed E-state index contributed by atoms with van der Waals surface area (Å²) in [5, 5.41) is -0.0153. The second-order valence-corrected chi connectivity index (χ2v) is 8.05. The number of hydrogen-bond acceptors (Lipinski definition) is 8. The average Bonchev–Trinajstić information content (AvgIpc) is 3.20. The zero-order valence-electron chi connectivity index (χ0n) is 15.3. The molecule has 1 fully saturated rings. The van der Waals surface area contributed by atoms with Gasteiger partial charge in [0.15, 0.2) is 11.5 Å². The number of nitrogen functional groups attached to an aromatic ring is 1. The Labute approximate surface area is 166 Å². The first-order valence-electron chi connectivity index (χ1n) is 8.91. The Morgan fingerprint density at radius 2 is 2.21 bits per heavy atom. The van der Waals surface area contributed by atoms with E-state index in [9.17, 15) is 4.57 Å². The molecule has 1 saturated heterocycles. The SMILES string of the molecule is CCCCCOC1C[C@H](n2cnc3c(N)nc(Cl)nc32)O[C@@H]1COP(=O)(O)O. The van der Waals surface area contributed by atoms with Gasteiger partial charge >= 0.3 is 7.82 Å². The van der Waals surface area contributed by atoms with Crippen LogP contribution in [0.25, 0.3) is 11.2 Å². The van der Waals surface area contributed by atoms with E-state index in [4.69, 9.17) is 36.6 Å². The highest BCUT2D eigenvalue weighted by molar-refractivity contribution is 7.46. The second-order valence-electron chi connectivity index (χ2n) is 6.47. The summed E-state index contributed by atoms with van der Waals surface area (Å²) in [6.45, 7) is 2.31. The lowest BCUT2D eigenvalue weighted by Crippen LogP contribution is -2.29. The van der Waals surface area contributed by atoms with E-state index in [1.165, 1.54) is 6.33 Å². The number of fused-ring (bicyclic) bond motifs is 1. The first-order chi connectivity index (χ1) is 13.3. The van der Waals surface area contributed by atoms with E-state index < -0.39 is 26.3 Å². The quantitative estimate of drug-likeness (QED) is 0.302. The van der Waals surface area contributed by atoms with Gasteiger partial charge in [-0.2, -0.15) is 9.97 Å². The number of phosphoric acid groups is 1. The molecule has 1 unspecified atom stereocenters. The maximum Gasteiger partial charge on any atom is 0.469 e. The van der Waals surface area contributed by atoms with Gasteiger partial charge in [0.05, 0.1) is 19.0 Å². The fourth-order valence-electron chi connectivity index (χ4n) is 3.08.